The predicted molar refractivity (Wildman–Crippen MR) is 86.2 cm³/mol. The molecular formula is C16H22N2O2S. The Kier molecular flexibility index (Phi) is 5.04. The summed E-state index contributed by atoms with van der Waals surface area (Å²) in [6.45, 7) is 3.82. The van der Waals surface area contributed by atoms with Crippen molar-refractivity contribution in [2.45, 2.75) is 18.9 Å². The summed E-state index contributed by atoms with van der Waals surface area (Å²) in [6, 6.07) is 4.41. The molecule has 4 nitrogen and oxygen atoms in total. The standard InChI is InChI=1S/C16H22N2O2S/c19-16(5-4-15-3-1-11-20-15)18-8-2-7-17(9-10-18)14-6-12-21-13-14/h1,3-5,11,14H,2,6-10,12-13H2/b5-4+. The second-order valence-electron chi connectivity index (χ2n) is 5.58. The highest BCUT2D eigenvalue weighted by Crippen LogP contribution is 2.23. The fourth-order valence-electron chi connectivity index (χ4n) is 2.98. The van der Waals surface area contributed by atoms with Crippen LogP contribution in [0.1, 0.15) is 18.6 Å². The summed E-state index contributed by atoms with van der Waals surface area (Å²) in [6.07, 6.45) is 7.37. The number of hydrogen-bond acceptors (Lipinski definition) is 4. The highest BCUT2D eigenvalue weighted by molar-refractivity contribution is 7.99. The van der Waals surface area contributed by atoms with E-state index >= 15 is 0 Å². The van der Waals surface area contributed by atoms with Crippen molar-refractivity contribution in [3.05, 3.63) is 30.2 Å². The summed E-state index contributed by atoms with van der Waals surface area (Å²) < 4.78 is 5.21. The quantitative estimate of drug-likeness (QED) is 0.803. The summed E-state index contributed by atoms with van der Waals surface area (Å²) in [5, 5.41) is 0. The van der Waals surface area contributed by atoms with Crippen LogP contribution in [0.5, 0.6) is 0 Å². The summed E-state index contributed by atoms with van der Waals surface area (Å²) in [5.41, 5.74) is 0. The molecule has 2 aliphatic rings. The summed E-state index contributed by atoms with van der Waals surface area (Å²) in [7, 11) is 0. The van der Waals surface area contributed by atoms with Crippen LogP contribution in [0.25, 0.3) is 6.08 Å². The van der Waals surface area contributed by atoms with Crippen LogP contribution in [-0.4, -0.2) is 59.4 Å². The molecule has 0 N–H and O–H groups in total. The van der Waals surface area contributed by atoms with Crippen molar-refractivity contribution >= 4 is 23.7 Å². The van der Waals surface area contributed by atoms with Crippen molar-refractivity contribution in [2.24, 2.45) is 0 Å². The van der Waals surface area contributed by atoms with E-state index in [0.717, 1.165) is 44.4 Å². The van der Waals surface area contributed by atoms with Crippen LogP contribution >= 0.6 is 11.8 Å². The first-order chi connectivity index (χ1) is 10.3. The third kappa shape index (κ3) is 3.92. The summed E-state index contributed by atoms with van der Waals surface area (Å²) >= 11 is 2.05. The van der Waals surface area contributed by atoms with Gasteiger partial charge in [-0.15, -0.1) is 0 Å². The second-order valence-corrected chi connectivity index (χ2v) is 6.73. The summed E-state index contributed by atoms with van der Waals surface area (Å²) in [4.78, 5) is 16.8. The minimum absolute atomic E-state index is 0.0917. The number of nitrogens with zero attached hydrogens (tertiary/aromatic N) is 2. The smallest absolute Gasteiger partial charge is 0.246 e. The van der Waals surface area contributed by atoms with Crippen LogP contribution in [0.15, 0.2) is 28.9 Å². The van der Waals surface area contributed by atoms with Crippen molar-refractivity contribution < 1.29 is 9.21 Å². The van der Waals surface area contributed by atoms with Crippen molar-refractivity contribution in [3.8, 4) is 0 Å². The SMILES string of the molecule is O=C(/C=C/c1ccco1)N1CCCN(C2CCSC2)CC1. The van der Waals surface area contributed by atoms with Crippen LogP contribution in [0.2, 0.25) is 0 Å². The molecule has 0 spiro atoms. The van der Waals surface area contributed by atoms with Crippen molar-refractivity contribution in [1.29, 1.82) is 0 Å². The number of rotatable bonds is 3. The lowest BCUT2D eigenvalue weighted by molar-refractivity contribution is -0.125. The van der Waals surface area contributed by atoms with E-state index in [1.54, 1.807) is 18.4 Å². The van der Waals surface area contributed by atoms with Gasteiger partial charge in [0.2, 0.25) is 5.91 Å². The molecule has 3 rings (SSSR count). The van der Waals surface area contributed by atoms with Gasteiger partial charge in [0.25, 0.3) is 0 Å². The van der Waals surface area contributed by atoms with Gasteiger partial charge in [0.05, 0.1) is 6.26 Å². The molecule has 1 amide bonds. The number of carbonyl (C=O) groups is 1. The molecule has 2 fully saturated rings. The molecule has 1 unspecified atom stereocenters. The molecule has 0 bridgehead atoms. The van der Waals surface area contributed by atoms with Crippen molar-refractivity contribution in [3.63, 3.8) is 0 Å². The Morgan fingerprint density at radius 1 is 1.33 bits per heavy atom. The predicted octanol–water partition coefficient (Wildman–Crippen LogP) is 2.33. The molecule has 0 saturated carbocycles. The second kappa shape index (κ2) is 7.18. The lowest BCUT2D eigenvalue weighted by Crippen LogP contribution is -2.39. The first-order valence-corrected chi connectivity index (χ1v) is 8.81. The largest absolute Gasteiger partial charge is 0.465 e. The Hall–Kier alpha value is -1.20. The van der Waals surface area contributed by atoms with E-state index in [4.69, 9.17) is 4.42 Å². The normalized spacial score (nSPS) is 24.6. The van der Waals surface area contributed by atoms with Gasteiger partial charge in [-0.25, -0.2) is 0 Å². The molecule has 1 aromatic heterocycles. The molecule has 114 valence electrons. The average Bonchev–Trinajstić information content (AvgIpc) is 3.15. The zero-order chi connectivity index (χ0) is 14.5. The molecule has 2 saturated heterocycles. The molecule has 3 heterocycles. The van der Waals surface area contributed by atoms with Gasteiger partial charge in [-0.05, 0) is 36.8 Å². The maximum atomic E-state index is 12.2. The maximum Gasteiger partial charge on any atom is 0.246 e. The Labute approximate surface area is 130 Å². The van der Waals surface area contributed by atoms with Gasteiger partial charge in [-0.1, -0.05) is 0 Å². The Balaban J connectivity index is 1.53. The topological polar surface area (TPSA) is 36.7 Å². The fourth-order valence-corrected chi connectivity index (χ4v) is 4.23. The Bertz CT molecular complexity index is 480. The molecule has 1 atom stereocenters. The summed E-state index contributed by atoms with van der Waals surface area (Å²) in [5.74, 6) is 3.36. The van der Waals surface area contributed by atoms with Crippen LogP contribution in [0, 0.1) is 0 Å². The fraction of sp³-hybridized carbons (Fsp3) is 0.562. The minimum atomic E-state index is 0.0917. The highest BCUT2D eigenvalue weighted by atomic mass is 32.2. The Morgan fingerprint density at radius 2 is 2.29 bits per heavy atom. The Morgan fingerprint density at radius 3 is 3.05 bits per heavy atom. The van der Waals surface area contributed by atoms with Gasteiger partial charge in [0.1, 0.15) is 5.76 Å². The van der Waals surface area contributed by atoms with Crippen molar-refractivity contribution in [1.82, 2.24) is 9.80 Å². The molecule has 0 radical (unpaired) electrons. The van der Waals surface area contributed by atoms with Crippen LogP contribution < -0.4 is 0 Å². The third-order valence-corrected chi connectivity index (χ3v) is 5.34. The van der Waals surface area contributed by atoms with Gasteiger partial charge >= 0.3 is 0 Å². The molecule has 5 heteroatoms. The van der Waals surface area contributed by atoms with E-state index < -0.39 is 0 Å². The van der Waals surface area contributed by atoms with E-state index in [1.807, 2.05) is 17.0 Å². The van der Waals surface area contributed by atoms with Crippen LogP contribution in [0.3, 0.4) is 0 Å². The van der Waals surface area contributed by atoms with E-state index in [0.29, 0.717) is 0 Å². The maximum absolute atomic E-state index is 12.2. The zero-order valence-corrected chi connectivity index (χ0v) is 13.1. The van der Waals surface area contributed by atoms with Gasteiger partial charge in [-0.3, -0.25) is 9.69 Å². The number of carbonyl (C=O) groups excluding carboxylic acids is 1. The number of amides is 1. The van der Waals surface area contributed by atoms with E-state index in [2.05, 4.69) is 16.7 Å². The third-order valence-electron chi connectivity index (χ3n) is 4.20. The first kappa shape index (κ1) is 14.7. The van der Waals surface area contributed by atoms with Gasteiger partial charge < -0.3 is 9.32 Å². The molecule has 2 aliphatic heterocycles. The van der Waals surface area contributed by atoms with Crippen LogP contribution in [-0.2, 0) is 4.79 Å². The first-order valence-electron chi connectivity index (χ1n) is 7.65. The molecule has 0 aliphatic carbocycles. The molecule has 1 aromatic rings. The van der Waals surface area contributed by atoms with Crippen molar-refractivity contribution in [2.75, 3.05) is 37.7 Å². The number of furan rings is 1. The van der Waals surface area contributed by atoms with Gasteiger partial charge in [0.15, 0.2) is 0 Å². The highest BCUT2D eigenvalue weighted by Gasteiger charge is 2.25. The van der Waals surface area contributed by atoms with Crippen LogP contribution in [0.4, 0.5) is 0 Å². The van der Waals surface area contributed by atoms with Gasteiger partial charge in [-0.2, -0.15) is 11.8 Å². The average molecular weight is 306 g/mol. The van der Waals surface area contributed by atoms with Gasteiger partial charge in [0, 0.05) is 44.0 Å². The monoisotopic (exact) mass is 306 g/mol. The number of hydrogen-bond donors (Lipinski definition) is 0. The molecule has 0 aromatic carbocycles. The zero-order valence-electron chi connectivity index (χ0n) is 12.2. The number of thioether (sulfide) groups is 1. The van der Waals surface area contributed by atoms with E-state index in [-0.39, 0.29) is 5.91 Å². The molecular weight excluding hydrogens is 284 g/mol. The van der Waals surface area contributed by atoms with E-state index in [1.165, 1.54) is 17.9 Å². The lowest BCUT2D eigenvalue weighted by atomic mass is 10.2. The van der Waals surface area contributed by atoms with E-state index in [9.17, 15) is 4.79 Å². The minimum Gasteiger partial charge on any atom is -0.465 e. The molecule has 21 heavy (non-hydrogen) atoms. The lowest BCUT2D eigenvalue weighted by Gasteiger charge is -2.26.